The molecule has 3 heterocycles. The summed E-state index contributed by atoms with van der Waals surface area (Å²) in [5.74, 6) is -1.33. The van der Waals surface area contributed by atoms with Crippen molar-refractivity contribution in [1.82, 2.24) is 30.2 Å². The number of nitrogens with zero attached hydrogens (tertiary/aromatic N) is 4. The fourth-order valence-corrected chi connectivity index (χ4v) is 11.3. The molecule has 1 saturated heterocycles. The van der Waals surface area contributed by atoms with Crippen LogP contribution >= 0.6 is 35.2 Å². The van der Waals surface area contributed by atoms with Crippen LogP contribution in [0.1, 0.15) is 155 Å². The van der Waals surface area contributed by atoms with E-state index >= 15 is 0 Å². The van der Waals surface area contributed by atoms with Gasteiger partial charge in [-0.15, -0.1) is 0 Å². The molecule has 0 saturated carbocycles. The van der Waals surface area contributed by atoms with E-state index in [1.165, 1.54) is 104 Å². The molecule has 2 amide bonds. The van der Waals surface area contributed by atoms with Gasteiger partial charge in [0.2, 0.25) is 11.8 Å². The van der Waals surface area contributed by atoms with Crippen LogP contribution in [0.3, 0.4) is 0 Å². The van der Waals surface area contributed by atoms with Gasteiger partial charge in [-0.25, -0.2) is 19.3 Å². The summed E-state index contributed by atoms with van der Waals surface area (Å²) in [6.45, 7) is 2.25. The van der Waals surface area contributed by atoms with Crippen molar-refractivity contribution < 1.29 is 85.6 Å². The van der Waals surface area contributed by atoms with Gasteiger partial charge in [-0.2, -0.15) is 0 Å². The van der Waals surface area contributed by atoms with Crippen molar-refractivity contribution in [1.29, 1.82) is 0 Å². The molecule has 74 heavy (non-hydrogen) atoms. The lowest BCUT2D eigenvalue weighted by molar-refractivity contribution is -0.347. The molecule has 1 fully saturated rings. The van der Waals surface area contributed by atoms with Crippen molar-refractivity contribution in [2.24, 2.45) is 5.41 Å². The number of aliphatic hydroxyl groups is 3. The first kappa shape index (κ1) is 65.5. The lowest BCUT2D eigenvalue weighted by Gasteiger charge is -2.36. The predicted octanol–water partition coefficient (Wildman–Crippen LogP) is 3.49. The number of nitrogen functional groups attached to an aromatic ring is 1. The fraction of sp³-hybridized carbons (Fsp3) is 0.778. The van der Waals surface area contributed by atoms with E-state index in [0.29, 0.717) is 6.42 Å². The van der Waals surface area contributed by atoms with Crippen molar-refractivity contribution in [3.05, 3.63) is 24.8 Å². The molecule has 2 aromatic rings. The Bertz CT molecular complexity index is 2190. The Morgan fingerprint density at radius 3 is 2.08 bits per heavy atom. The summed E-state index contributed by atoms with van der Waals surface area (Å²) in [5, 5.41) is 36.5. The first-order valence-electron chi connectivity index (χ1n) is 25.3. The molecule has 0 aromatic carbocycles. The van der Waals surface area contributed by atoms with Crippen LogP contribution in [-0.2, 0) is 50.7 Å². The van der Waals surface area contributed by atoms with Gasteiger partial charge >= 0.3 is 0 Å². The number of amides is 2. The van der Waals surface area contributed by atoms with E-state index in [1.807, 2.05) is 0 Å². The maximum atomic E-state index is 12.7. The Hall–Kier alpha value is -2.74. The van der Waals surface area contributed by atoms with Gasteiger partial charge in [0.1, 0.15) is 36.3 Å². The Morgan fingerprint density at radius 2 is 1.46 bits per heavy atom. The van der Waals surface area contributed by atoms with Crippen molar-refractivity contribution in [3.8, 4) is 0 Å². The summed E-state index contributed by atoms with van der Waals surface area (Å²) in [6, 6.07) is 0. The molecular weight excluding hydrogens is 1050 g/mol. The van der Waals surface area contributed by atoms with E-state index < -0.39 is 90.7 Å². The first-order valence-corrected chi connectivity index (χ1v) is 30.6. The Balaban J connectivity index is 1.24. The van der Waals surface area contributed by atoms with Crippen LogP contribution in [0.4, 0.5) is 5.82 Å². The summed E-state index contributed by atoms with van der Waals surface area (Å²) in [6.07, 6.45) is 17.6. The number of aromatic nitrogens is 4. The lowest BCUT2D eigenvalue weighted by atomic mass is 9.87. The Morgan fingerprint density at radius 1 is 0.865 bits per heavy atom. The highest BCUT2D eigenvalue weighted by molar-refractivity contribution is 8.13. The van der Waals surface area contributed by atoms with Gasteiger partial charge in [-0.3, -0.25) is 28.1 Å². The van der Waals surface area contributed by atoms with Crippen molar-refractivity contribution in [2.75, 3.05) is 37.8 Å². The highest BCUT2D eigenvalue weighted by Crippen LogP contribution is 2.56. The van der Waals surface area contributed by atoms with Gasteiger partial charge in [0, 0.05) is 37.1 Å². The minimum atomic E-state index is -5.93. The maximum absolute atomic E-state index is 12.7. The van der Waals surface area contributed by atoms with E-state index in [0.717, 1.165) is 48.2 Å². The van der Waals surface area contributed by atoms with Crippen LogP contribution in [-0.4, -0.2) is 114 Å². The minimum absolute atomic E-state index is 0.0131. The van der Waals surface area contributed by atoms with Crippen LogP contribution in [0.5, 0.6) is 0 Å². The molecule has 0 bridgehead atoms. The van der Waals surface area contributed by atoms with Crippen molar-refractivity contribution >= 4 is 69.1 Å². The van der Waals surface area contributed by atoms with Crippen LogP contribution < -0.4 is 35.9 Å². The zero-order valence-corrected chi connectivity index (χ0v) is 46.0. The number of phosphoric ester groups is 3. The normalized spacial score (nSPS) is 19.9. The number of aliphatic hydroxyl groups excluding tert-OH is 3. The van der Waals surface area contributed by atoms with E-state index in [9.17, 15) is 63.0 Å². The average molecular weight is 1130 g/mol. The van der Waals surface area contributed by atoms with Gasteiger partial charge in [0.15, 0.2) is 22.8 Å². The fourth-order valence-electron chi connectivity index (χ4n) is 7.78. The number of carbonyl (C=O) groups excluding carboxylic acids is 3. The molecule has 1 aliphatic heterocycles. The highest BCUT2D eigenvalue weighted by atomic mass is 32.2. The summed E-state index contributed by atoms with van der Waals surface area (Å²) in [4.78, 5) is 97.1. The third-order valence-corrected chi connectivity index (χ3v) is 15.9. The molecule has 0 spiro atoms. The summed E-state index contributed by atoms with van der Waals surface area (Å²) in [7, 11) is -17.7. The molecule has 25 nitrogen and oxygen atoms in total. The molecule has 2 unspecified atom stereocenters. The van der Waals surface area contributed by atoms with Crippen LogP contribution in [0.25, 0.3) is 11.2 Å². The second-order valence-electron chi connectivity index (χ2n) is 18.8. The number of allylic oxidation sites excluding steroid dienone is 2. The molecule has 0 aliphatic carbocycles. The standard InChI is InChI=1S/C45H80N7O18P3S/c1-4-5-6-7-8-9-10-11-12-13-14-15-16-17-18-19-20-21-22-23-33(53)28-36(55)74-27-26-47-35(54)24-25-48-43(58)40(57)45(2,3)30-67-73(64,65)70-72(62,63)66-29-34-39(69-71(59,60)61)38(56)44(68-34)52-32-51-37-41(46)49-31-50-42(37)52/h11-12,31-34,38-40,44,53,56-57H,4-10,13-30H2,1-3H3,(H,47,54)(H,48,58)(H,62,63)(H,64,65)(H2,46,49,50)(H2,59,60,61)/p-4/b12-11-/t33-,34+,38+,39+,40-,44+/m0/s1. The number of anilines is 1. The Kier molecular flexibility index (Phi) is 29.7. The number of fused-ring (bicyclic) bond motifs is 1. The zero-order valence-electron chi connectivity index (χ0n) is 42.5. The molecule has 424 valence electrons. The lowest BCUT2D eigenvalue weighted by Crippen LogP contribution is -2.46. The third kappa shape index (κ3) is 25.6. The van der Waals surface area contributed by atoms with Gasteiger partial charge in [-0.05, 0) is 32.1 Å². The summed E-state index contributed by atoms with van der Waals surface area (Å²) >= 11 is 0.990. The molecule has 1 aliphatic rings. The molecule has 8 atom stereocenters. The number of hydrogen-bond acceptors (Lipinski definition) is 23. The first-order chi connectivity index (χ1) is 34.9. The van der Waals surface area contributed by atoms with Crippen LogP contribution in [0, 0.1) is 5.41 Å². The van der Waals surface area contributed by atoms with E-state index in [4.69, 9.17) is 10.5 Å². The SMILES string of the molecule is CCCCCCCC/C=C\CCCCCCCCCCC[C@H](O)CC(=O)SCCNC(=O)CCNC(=O)[C@H](O)C(C)(C)COP(=O)([O-])OP(=O)([O-])OC[C@H]1O[C@@H](n2cnc3c(N)ncnc32)[C@H](O)[C@@H]1OP(=O)([O-])[O-]. The number of nitrogens with one attached hydrogen (secondary N) is 2. The van der Waals surface area contributed by atoms with Crippen molar-refractivity contribution in [3.63, 3.8) is 0 Å². The molecule has 0 radical (unpaired) electrons. The van der Waals surface area contributed by atoms with Crippen LogP contribution in [0.15, 0.2) is 24.8 Å². The minimum Gasteiger partial charge on any atom is -0.790 e. The van der Waals surface area contributed by atoms with Gasteiger partial charge in [-0.1, -0.05) is 128 Å². The smallest absolute Gasteiger partial charge is 0.274 e. The summed E-state index contributed by atoms with van der Waals surface area (Å²) in [5.41, 5.74) is 4.07. The number of hydrogen-bond donors (Lipinski definition) is 6. The average Bonchev–Trinajstić information content (AvgIpc) is 3.89. The predicted molar refractivity (Wildman–Crippen MR) is 267 cm³/mol. The molecule has 7 N–H and O–H groups in total. The third-order valence-electron chi connectivity index (χ3n) is 11.9. The topological polar surface area (TPSA) is 395 Å². The maximum Gasteiger partial charge on any atom is 0.274 e. The number of thioether (sulfide) groups is 1. The van der Waals surface area contributed by atoms with Gasteiger partial charge < -0.3 is 74.1 Å². The van der Waals surface area contributed by atoms with E-state index in [-0.39, 0.29) is 53.8 Å². The van der Waals surface area contributed by atoms with E-state index in [2.05, 4.69) is 62.5 Å². The number of nitrogens with two attached hydrogens (primary N) is 1. The zero-order chi connectivity index (χ0) is 54.8. The molecular formula is C45H76N7O18P3S-4. The number of ether oxygens (including phenoxy) is 1. The van der Waals surface area contributed by atoms with E-state index in [1.54, 1.807) is 0 Å². The van der Waals surface area contributed by atoms with Gasteiger partial charge in [0.25, 0.3) is 15.6 Å². The second-order valence-corrected chi connectivity index (χ2v) is 24.1. The number of phosphoric acid groups is 3. The number of carbonyl (C=O) groups is 3. The Labute approximate surface area is 437 Å². The monoisotopic (exact) mass is 1130 g/mol. The highest BCUT2D eigenvalue weighted by Gasteiger charge is 2.47. The summed E-state index contributed by atoms with van der Waals surface area (Å²) < 4.78 is 60.9. The molecule has 29 heteroatoms. The quantitative estimate of drug-likeness (QED) is 0.0316. The van der Waals surface area contributed by atoms with Crippen LogP contribution in [0.2, 0.25) is 0 Å². The second kappa shape index (κ2) is 33.5. The van der Waals surface area contributed by atoms with Crippen molar-refractivity contribution in [2.45, 2.75) is 186 Å². The number of unbranched alkanes of at least 4 members (excludes halogenated alkanes) is 15. The molecule has 2 aromatic heterocycles. The largest absolute Gasteiger partial charge is 0.790 e. The molecule has 3 rings (SSSR count). The van der Waals surface area contributed by atoms with Gasteiger partial charge in [0.05, 0.1) is 33.5 Å². The number of imidazole rings is 1. The number of rotatable bonds is 40.